The zero-order valence-electron chi connectivity index (χ0n) is 15.4. The second kappa shape index (κ2) is 8.90. The van der Waals surface area contributed by atoms with Crippen LogP contribution in [0.3, 0.4) is 0 Å². The van der Waals surface area contributed by atoms with Gasteiger partial charge < -0.3 is 5.32 Å². The van der Waals surface area contributed by atoms with E-state index in [2.05, 4.69) is 5.32 Å². The second-order valence-corrected chi connectivity index (χ2v) is 10.8. The van der Waals surface area contributed by atoms with Crippen molar-refractivity contribution in [1.82, 2.24) is 9.62 Å². The molecule has 1 N–H and O–H groups in total. The maximum Gasteiger partial charge on any atom is 0.252 e. The van der Waals surface area contributed by atoms with Crippen molar-refractivity contribution in [3.63, 3.8) is 0 Å². The van der Waals surface area contributed by atoms with E-state index in [9.17, 15) is 17.6 Å². The number of halogens is 2. The number of nitrogens with one attached hydrogen (secondary N) is 1. The normalized spacial score (nSPS) is 17.4. The minimum absolute atomic E-state index is 0.0735. The Morgan fingerprint density at radius 1 is 1.25 bits per heavy atom. The van der Waals surface area contributed by atoms with Crippen LogP contribution in [-0.2, 0) is 21.4 Å². The van der Waals surface area contributed by atoms with Gasteiger partial charge >= 0.3 is 0 Å². The van der Waals surface area contributed by atoms with E-state index in [1.165, 1.54) is 22.5 Å². The summed E-state index contributed by atoms with van der Waals surface area (Å²) < 4.78 is 40.4. The van der Waals surface area contributed by atoms with Gasteiger partial charge in [-0.05, 0) is 48.6 Å². The molecule has 1 unspecified atom stereocenters. The summed E-state index contributed by atoms with van der Waals surface area (Å²) in [4.78, 5) is 12.5. The van der Waals surface area contributed by atoms with Gasteiger partial charge in [0.2, 0.25) is 5.91 Å². The molecule has 2 heterocycles. The van der Waals surface area contributed by atoms with E-state index in [0.717, 1.165) is 16.9 Å². The molecule has 0 radical (unpaired) electrons. The summed E-state index contributed by atoms with van der Waals surface area (Å²) in [6.07, 6.45) is 1.26. The number of carbonyl (C=O) groups is 1. The van der Waals surface area contributed by atoms with Crippen molar-refractivity contribution >= 4 is 38.9 Å². The van der Waals surface area contributed by atoms with Crippen molar-refractivity contribution < 1.29 is 17.6 Å². The molecule has 0 spiro atoms. The van der Waals surface area contributed by atoms with E-state index in [4.69, 9.17) is 11.6 Å². The molecule has 1 aromatic heterocycles. The van der Waals surface area contributed by atoms with Gasteiger partial charge in [-0.1, -0.05) is 30.7 Å². The molecular formula is C19H22ClFN2O3S2. The third kappa shape index (κ3) is 4.92. The first-order valence-corrected chi connectivity index (χ1v) is 11.7. The Hall–Kier alpha value is -1.48. The number of amides is 1. The predicted octanol–water partition coefficient (Wildman–Crippen LogP) is 3.89. The van der Waals surface area contributed by atoms with Crippen LogP contribution >= 0.6 is 22.9 Å². The molecular weight excluding hydrogens is 423 g/mol. The van der Waals surface area contributed by atoms with E-state index in [1.54, 1.807) is 18.2 Å². The monoisotopic (exact) mass is 444 g/mol. The fraction of sp³-hybridized carbons (Fsp3) is 0.421. The zero-order chi connectivity index (χ0) is 20.3. The van der Waals surface area contributed by atoms with Gasteiger partial charge in [0.15, 0.2) is 0 Å². The predicted molar refractivity (Wildman–Crippen MR) is 108 cm³/mol. The fourth-order valence-electron chi connectivity index (χ4n) is 3.35. The largest absolute Gasteiger partial charge is 0.352 e. The summed E-state index contributed by atoms with van der Waals surface area (Å²) in [5.74, 6) is -0.487. The fourth-order valence-corrected chi connectivity index (χ4v) is 6.45. The van der Waals surface area contributed by atoms with Crippen LogP contribution in [0.5, 0.6) is 0 Å². The van der Waals surface area contributed by atoms with E-state index in [-0.39, 0.29) is 27.8 Å². The van der Waals surface area contributed by atoms with Crippen molar-refractivity contribution in [2.24, 2.45) is 11.8 Å². The Kier molecular flexibility index (Phi) is 6.75. The molecule has 0 bridgehead atoms. The molecule has 9 heteroatoms. The van der Waals surface area contributed by atoms with E-state index in [0.29, 0.717) is 36.8 Å². The van der Waals surface area contributed by atoms with Crippen LogP contribution in [0.15, 0.2) is 40.6 Å². The van der Waals surface area contributed by atoms with Gasteiger partial charge in [0.25, 0.3) is 10.0 Å². The van der Waals surface area contributed by atoms with E-state index >= 15 is 0 Å². The Labute approximate surface area is 173 Å². The molecule has 152 valence electrons. The third-order valence-electron chi connectivity index (χ3n) is 5.14. The topological polar surface area (TPSA) is 66.5 Å². The Morgan fingerprint density at radius 3 is 2.46 bits per heavy atom. The molecule has 28 heavy (non-hydrogen) atoms. The molecule has 3 rings (SSSR count). The Balaban J connectivity index is 1.52. The van der Waals surface area contributed by atoms with Crippen LogP contribution in [0.2, 0.25) is 4.34 Å². The van der Waals surface area contributed by atoms with Crippen LogP contribution in [0.25, 0.3) is 0 Å². The molecule has 1 aliphatic rings. The molecule has 5 nitrogen and oxygen atoms in total. The summed E-state index contributed by atoms with van der Waals surface area (Å²) >= 11 is 6.91. The first-order chi connectivity index (χ1) is 13.3. The Bertz CT molecular complexity index is 923. The molecule has 1 amide bonds. The van der Waals surface area contributed by atoms with E-state index < -0.39 is 10.0 Å². The Morgan fingerprint density at radius 2 is 1.89 bits per heavy atom. The molecule has 0 aliphatic carbocycles. The number of nitrogens with zero attached hydrogens (tertiary/aromatic N) is 1. The molecule has 0 saturated carbocycles. The smallest absolute Gasteiger partial charge is 0.252 e. The maximum absolute atomic E-state index is 12.9. The lowest BCUT2D eigenvalue weighted by atomic mass is 9.85. The van der Waals surface area contributed by atoms with Crippen LogP contribution in [-0.4, -0.2) is 31.7 Å². The molecule has 1 fully saturated rings. The van der Waals surface area contributed by atoms with Gasteiger partial charge in [0.05, 0.1) is 4.34 Å². The van der Waals surface area contributed by atoms with Gasteiger partial charge in [-0.2, -0.15) is 4.31 Å². The lowest BCUT2D eigenvalue weighted by Gasteiger charge is -2.33. The summed E-state index contributed by atoms with van der Waals surface area (Å²) in [5, 5.41) is 2.88. The highest BCUT2D eigenvalue weighted by molar-refractivity contribution is 7.91. The first-order valence-electron chi connectivity index (χ1n) is 9.05. The first kappa shape index (κ1) is 21.2. The summed E-state index contributed by atoms with van der Waals surface area (Å²) in [6.45, 7) is 2.99. The minimum Gasteiger partial charge on any atom is -0.352 e. The van der Waals surface area contributed by atoms with Crippen molar-refractivity contribution in [3.8, 4) is 0 Å². The number of sulfonamides is 1. The summed E-state index contributed by atoms with van der Waals surface area (Å²) in [7, 11) is -3.52. The van der Waals surface area contributed by atoms with Crippen molar-refractivity contribution in [2.75, 3.05) is 13.1 Å². The lowest BCUT2D eigenvalue weighted by molar-refractivity contribution is -0.126. The summed E-state index contributed by atoms with van der Waals surface area (Å²) in [6, 6.07) is 9.12. The van der Waals surface area contributed by atoms with Gasteiger partial charge in [0.1, 0.15) is 10.0 Å². The number of hydrogen-bond donors (Lipinski definition) is 1. The summed E-state index contributed by atoms with van der Waals surface area (Å²) in [5.41, 5.74) is 0.831. The quantitative estimate of drug-likeness (QED) is 0.734. The zero-order valence-corrected chi connectivity index (χ0v) is 17.8. The molecule has 2 aromatic rings. The van der Waals surface area contributed by atoms with Gasteiger partial charge in [0, 0.05) is 25.6 Å². The van der Waals surface area contributed by atoms with Crippen molar-refractivity contribution in [1.29, 1.82) is 0 Å². The molecule has 1 atom stereocenters. The maximum atomic E-state index is 12.9. The van der Waals surface area contributed by atoms with E-state index in [1.807, 2.05) is 6.92 Å². The number of rotatable bonds is 6. The van der Waals surface area contributed by atoms with Crippen LogP contribution < -0.4 is 5.32 Å². The highest BCUT2D eigenvalue weighted by atomic mass is 35.5. The minimum atomic E-state index is -3.52. The van der Waals surface area contributed by atoms with Gasteiger partial charge in [-0.15, -0.1) is 11.3 Å². The lowest BCUT2D eigenvalue weighted by Crippen LogP contribution is -2.42. The third-order valence-corrected chi connectivity index (χ3v) is 8.74. The highest BCUT2D eigenvalue weighted by Gasteiger charge is 2.34. The number of benzene rings is 1. The average Bonchev–Trinajstić information content (AvgIpc) is 3.14. The number of thiophene rings is 1. The molecule has 1 aliphatic heterocycles. The van der Waals surface area contributed by atoms with Crippen molar-refractivity contribution in [3.05, 3.63) is 52.1 Å². The standard InChI is InChI=1S/C19H22ClFN2O3S2/c1-13(19(24)22-12-14-2-4-16(21)5-3-14)15-8-10-23(11-9-15)28(25,26)18-7-6-17(20)27-18/h2-7,13,15H,8-12H2,1H3,(H,22,24). The van der Waals surface area contributed by atoms with Gasteiger partial charge in [-0.25, -0.2) is 12.8 Å². The van der Waals surface area contributed by atoms with Crippen LogP contribution in [0, 0.1) is 17.7 Å². The molecule has 1 saturated heterocycles. The highest BCUT2D eigenvalue weighted by Crippen LogP contribution is 2.32. The average molecular weight is 445 g/mol. The van der Waals surface area contributed by atoms with Gasteiger partial charge in [-0.3, -0.25) is 4.79 Å². The number of hydrogen-bond acceptors (Lipinski definition) is 4. The number of piperidine rings is 1. The number of carbonyl (C=O) groups excluding carboxylic acids is 1. The SMILES string of the molecule is CC(C(=O)NCc1ccc(F)cc1)C1CCN(S(=O)(=O)c2ccc(Cl)s2)CC1. The van der Waals surface area contributed by atoms with Crippen molar-refractivity contribution in [2.45, 2.75) is 30.5 Å². The molecule has 1 aromatic carbocycles. The second-order valence-electron chi connectivity index (χ2n) is 6.93. The van der Waals surface area contributed by atoms with Crippen LogP contribution in [0.4, 0.5) is 4.39 Å². The van der Waals surface area contributed by atoms with Crippen LogP contribution in [0.1, 0.15) is 25.3 Å².